The van der Waals surface area contributed by atoms with E-state index in [1.54, 1.807) is 13.1 Å². The van der Waals surface area contributed by atoms with Gasteiger partial charge in [0.2, 0.25) is 0 Å². The maximum absolute atomic E-state index is 10.9. The minimum atomic E-state index is -0.977. The summed E-state index contributed by atoms with van der Waals surface area (Å²) < 4.78 is 0. The Morgan fingerprint density at radius 1 is 1.53 bits per heavy atom. The first-order chi connectivity index (χ1) is 8.11. The zero-order valence-corrected chi connectivity index (χ0v) is 10.4. The van der Waals surface area contributed by atoms with Crippen molar-refractivity contribution < 1.29 is 9.90 Å². The van der Waals surface area contributed by atoms with Crippen LogP contribution in [0.15, 0.2) is 18.3 Å². The van der Waals surface area contributed by atoms with Crippen LogP contribution in [0.25, 0.3) is 10.6 Å². The molecular weight excluding hydrogens is 236 g/mol. The molecule has 88 valence electrons. The number of nitrogens with zero attached hydrogens (tertiary/aromatic N) is 2. The highest BCUT2D eigenvalue weighted by atomic mass is 32.1. The summed E-state index contributed by atoms with van der Waals surface area (Å²) in [6.45, 7) is 3.80. The molecule has 0 saturated heterocycles. The normalized spacial score (nSPS) is 10.5. The molecule has 0 fully saturated rings. The average molecular weight is 248 g/mol. The Morgan fingerprint density at radius 3 is 2.88 bits per heavy atom. The summed E-state index contributed by atoms with van der Waals surface area (Å²) in [6, 6.07) is 3.80. The number of hydrogen-bond acceptors (Lipinski definition) is 4. The lowest BCUT2D eigenvalue weighted by Gasteiger charge is -1.98. The van der Waals surface area contributed by atoms with Crippen LogP contribution in [0.2, 0.25) is 0 Å². The van der Waals surface area contributed by atoms with Gasteiger partial charge in [0.15, 0.2) is 5.69 Å². The third kappa shape index (κ3) is 2.34. The number of carboxylic acid groups (broad SMARTS) is 1. The summed E-state index contributed by atoms with van der Waals surface area (Å²) in [7, 11) is 0. The van der Waals surface area contributed by atoms with Crippen LogP contribution in [0.3, 0.4) is 0 Å². The van der Waals surface area contributed by atoms with Crippen LogP contribution >= 0.6 is 11.3 Å². The third-order valence-electron chi connectivity index (χ3n) is 2.42. The second-order valence-corrected chi connectivity index (χ2v) is 4.82. The second kappa shape index (κ2) is 4.63. The summed E-state index contributed by atoms with van der Waals surface area (Å²) in [5.41, 5.74) is 2.05. The van der Waals surface area contributed by atoms with Crippen molar-refractivity contribution in [2.45, 2.75) is 20.3 Å². The Kier molecular flexibility index (Phi) is 3.19. The fourth-order valence-electron chi connectivity index (χ4n) is 1.52. The zero-order chi connectivity index (χ0) is 12.4. The summed E-state index contributed by atoms with van der Waals surface area (Å²) in [4.78, 5) is 20.0. The van der Waals surface area contributed by atoms with E-state index in [4.69, 9.17) is 5.11 Å². The molecule has 2 aromatic rings. The van der Waals surface area contributed by atoms with Gasteiger partial charge in [-0.2, -0.15) is 0 Å². The first kappa shape index (κ1) is 11.7. The number of carboxylic acids is 1. The average Bonchev–Trinajstić information content (AvgIpc) is 2.71. The summed E-state index contributed by atoms with van der Waals surface area (Å²) in [5.74, 6) is -0.977. The van der Waals surface area contributed by atoms with E-state index in [-0.39, 0.29) is 5.69 Å². The van der Waals surface area contributed by atoms with E-state index in [0.29, 0.717) is 0 Å². The van der Waals surface area contributed by atoms with Crippen molar-refractivity contribution in [1.82, 2.24) is 9.97 Å². The van der Waals surface area contributed by atoms with Crippen molar-refractivity contribution >= 4 is 17.3 Å². The highest BCUT2D eigenvalue weighted by Crippen LogP contribution is 2.27. The van der Waals surface area contributed by atoms with Crippen LogP contribution in [0.5, 0.6) is 0 Å². The lowest BCUT2D eigenvalue weighted by atomic mass is 10.2. The van der Waals surface area contributed by atoms with Gasteiger partial charge in [0.25, 0.3) is 0 Å². The van der Waals surface area contributed by atoms with Gasteiger partial charge < -0.3 is 5.11 Å². The van der Waals surface area contributed by atoms with Crippen molar-refractivity contribution in [3.8, 4) is 10.6 Å². The first-order valence-electron chi connectivity index (χ1n) is 5.28. The number of aromatic nitrogens is 2. The summed E-state index contributed by atoms with van der Waals surface area (Å²) in [6.07, 6.45) is 2.58. The molecule has 1 N–H and O–H groups in total. The molecule has 0 aromatic carbocycles. The minimum absolute atomic E-state index is 0.139. The van der Waals surface area contributed by atoms with Gasteiger partial charge in [-0.1, -0.05) is 6.92 Å². The Bertz CT molecular complexity index is 563. The first-order valence-corrected chi connectivity index (χ1v) is 6.09. The molecule has 2 heterocycles. The molecule has 0 aliphatic carbocycles. The SMILES string of the molecule is CCc1cc(-c2nc(C(=O)O)c(C)s2)ccn1. The van der Waals surface area contributed by atoms with E-state index in [1.807, 2.05) is 19.1 Å². The number of thiazole rings is 1. The van der Waals surface area contributed by atoms with Gasteiger partial charge in [0.05, 0.1) is 0 Å². The molecule has 0 bridgehead atoms. The fourth-order valence-corrected chi connectivity index (χ4v) is 2.42. The molecule has 0 spiro atoms. The van der Waals surface area contributed by atoms with E-state index in [2.05, 4.69) is 9.97 Å². The van der Waals surface area contributed by atoms with Crippen molar-refractivity contribution in [3.63, 3.8) is 0 Å². The largest absolute Gasteiger partial charge is 0.476 e. The molecule has 0 unspecified atom stereocenters. The molecule has 17 heavy (non-hydrogen) atoms. The molecule has 0 aliphatic rings. The standard InChI is InChI=1S/C12H12N2O2S/c1-3-9-6-8(4-5-13-9)11-14-10(12(15)16)7(2)17-11/h4-6H,3H2,1-2H3,(H,15,16). The molecule has 0 radical (unpaired) electrons. The summed E-state index contributed by atoms with van der Waals surface area (Å²) in [5, 5.41) is 9.69. The van der Waals surface area contributed by atoms with Gasteiger partial charge in [-0.3, -0.25) is 4.98 Å². The van der Waals surface area contributed by atoms with Crippen LogP contribution in [0.4, 0.5) is 0 Å². The van der Waals surface area contributed by atoms with Crippen LogP contribution in [0, 0.1) is 6.92 Å². The number of hydrogen-bond donors (Lipinski definition) is 1. The molecule has 0 amide bonds. The van der Waals surface area contributed by atoms with E-state index in [9.17, 15) is 4.79 Å². The second-order valence-electron chi connectivity index (χ2n) is 3.62. The van der Waals surface area contributed by atoms with E-state index in [1.165, 1.54) is 11.3 Å². The van der Waals surface area contributed by atoms with E-state index < -0.39 is 5.97 Å². The van der Waals surface area contributed by atoms with Crippen molar-refractivity contribution in [2.24, 2.45) is 0 Å². The molecule has 4 nitrogen and oxygen atoms in total. The number of rotatable bonds is 3. The fraction of sp³-hybridized carbons (Fsp3) is 0.250. The highest BCUT2D eigenvalue weighted by molar-refractivity contribution is 7.15. The van der Waals surface area contributed by atoms with Gasteiger partial charge in [0.1, 0.15) is 5.01 Å². The highest BCUT2D eigenvalue weighted by Gasteiger charge is 2.15. The molecule has 2 aromatic heterocycles. The molecule has 2 rings (SSSR count). The lowest BCUT2D eigenvalue weighted by molar-refractivity contribution is 0.0690. The van der Waals surface area contributed by atoms with Crippen LogP contribution in [0.1, 0.15) is 28.0 Å². The van der Waals surface area contributed by atoms with Gasteiger partial charge in [-0.15, -0.1) is 11.3 Å². The monoisotopic (exact) mass is 248 g/mol. The van der Waals surface area contributed by atoms with Crippen molar-refractivity contribution in [2.75, 3.05) is 0 Å². The maximum Gasteiger partial charge on any atom is 0.355 e. The molecular formula is C12H12N2O2S. The van der Waals surface area contributed by atoms with Gasteiger partial charge in [-0.05, 0) is 25.5 Å². The minimum Gasteiger partial charge on any atom is -0.476 e. The third-order valence-corrected chi connectivity index (χ3v) is 3.44. The maximum atomic E-state index is 10.9. The van der Waals surface area contributed by atoms with Gasteiger partial charge >= 0.3 is 5.97 Å². The van der Waals surface area contributed by atoms with Crippen molar-refractivity contribution in [1.29, 1.82) is 0 Å². The topological polar surface area (TPSA) is 63.1 Å². The predicted molar refractivity (Wildman–Crippen MR) is 66.4 cm³/mol. The van der Waals surface area contributed by atoms with E-state index >= 15 is 0 Å². The predicted octanol–water partition coefficient (Wildman–Crippen LogP) is 2.77. The van der Waals surface area contributed by atoms with Gasteiger partial charge in [0, 0.05) is 22.3 Å². The van der Waals surface area contributed by atoms with Crippen LogP contribution < -0.4 is 0 Å². The van der Waals surface area contributed by atoms with Crippen LogP contribution in [-0.4, -0.2) is 21.0 Å². The Hall–Kier alpha value is -1.75. The zero-order valence-electron chi connectivity index (χ0n) is 9.60. The van der Waals surface area contributed by atoms with E-state index in [0.717, 1.165) is 27.6 Å². The molecule has 0 atom stereocenters. The molecule has 5 heteroatoms. The Labute approximate surface area is 103 Å². The number of aromatic carboxylic acids is 1. The Morgan fingerprint density at radius 2 is 2.29 bits per heavy atom. The lowest BCUT2D eigenvalue weighted by Crippen LogP contribution is -1.98. The molecule has 0 aliphatic heterocycles. The summed E-state index contributed by atoms with van der Waals surface area (Å²) >= 11 is 1.40. The van der Waals surface area contributed by atoms with Gasteiger partial charge in [-0.25, -0.2) is 9.78 Å². The quantitative estimate of drug-likeness (QED) is 0.907. The number of pyridine rings is 1. The Balaban J connectivity index is 2.46. The molecule has 0 saturated carbocycles. The van der Waals surface area contributed by atoms with Crippen LogP contribution in [-0.2, 0) is 6.42 Å². The van der Waals surface area contributed by atoms with Crippen molar-refractivity contribution in [3.05, 3.63) is 34.6 Å². The number of carbonyl (C=O) groups is 1. The smallest absolute Gasteiger partial charge is 0.355 e. The number of aryl methyl sites for hydroxylation is 2.